The molecule has 0 spiro atoms. The van der Waals surface area contributed by atoms with E-state index < -0.39 is 57.4 Å². The van der Waals surface area contributed by atoms with Crippen LogP contribution in [0.1, 0.15) is 136 Å². The van der Waals surface area contributed by atoms with Gasteiger partial charge in [-0.05, 0) is 38.0 Å². The molecule has 0 aromatic carbocycles. The van der Waals surface area contributed by atoms with E-state index in [1.807, 2.05) is 19.1 Å². The number of hydrogen-bond acceptors (Lipinski definition) is 9. The van der Waals surface area contributed by atoms with Crippen LogP contribution in [0.25, 0.3) is 0 Å². The van der Waals surface area contributed by atoms with Gasteiger partial charge in [0.05, 0.1) is 24.9 Å². The summed E-state index contributed by atoms with van der Waals surface area (Å²) in [6.07, 6.45) is 28.9. The topological polar surface area (TPSA) is 180 Å². The van der Waals surface area contributed by atoms with Gasteiger partial charge in [-0.25, -0.2) is 4.57 Å². The smallest absolute Gasteiger partial charge is 0.462 e. The molecular weight excluding hydrogens is 687 g/mol. The number of carbonyl (C=O) groups is 2. The minimum Gasteiger partial charge on any atom is -0.462 e. The quantitative estimate of drug-likeness (QED) is 0.0144. The third kappa shape index (κ3) is 33.5. The van der Waals surface area contributed by atoms with Gasteiger partial charge in [-0.2, -0.15) is 0 Å². The van der Waals surface area contributed by atoms with E-state index in [0.29, 0.717) is 12.8 Å². The van der Waals surface area contributed by atoms with Crippen molar-refractivity contribution in [2.45, 2.75) is 161 Å². The van der Waals surface area contributed by atoms with E-state index in [1.165, 1.54) is 57.4 Å². The van der Waals surface area contributed by atoms with Crippen molar-refractivity contribution < 1.29 is 53.3 Å². The first-order chi connectivity index (χ1) is 24.9. The number of phosphoric ester groups is 1. The predicted molar refractivity (Wildman–Crippen MR) is 206 cm³/mol. The van der Waals surface area contributed by atoms with E-state index in [9.17, 15) is 29.5 Å². The first-order valence-corrected chi connectivity index (χ1v) is 20.8. The van der Waals surface area contributed by atoms with E-state index in [2.05, 4.69) is 18.4 Å². The number of carbonyl (C=O) groups excluding carboxylic acids is 2. The van der Waals surface area contributed by atoms with Crippen LogP contribution in [-0.2, 0) is 28.2 Å². The van der Waals surface area contributed by atoms with Gasteiger partial charge in [-0.1, -0.05) is 152 Å². The lowest BCUT2D eigenvalue weighted by Gasteiger charge is -2.19. The molecule has 0 saturated heterocycles. The van der Waals surface area contributed by atoms with Crippen LogP contribution in [0.2, 0.25) is 0 Å². The Morgan fingerprint density at radius 3 is 1.83 bits per heavy atom. The normalized spacial score (nSPS) is 15.6. The highest BCUT2D eigenvalue weighted by Gasteiger charge is 2.23. The molecule has 0 radical (unpaired) electrons. The Balaban J connectivity index is 4.35. The average Bonchev–Trinajstić information content (AvgIpc) is 3.10. The van der Waals surface area contributed by atoms with Crippen molar-refractivity contribution in [2.24, 2.45) is 5.92 Å². The fourth-order valence-corrected chi connectivity index (χ4v) is 5.40. The summed E-state index contributed by atoms with van der Waals surface area (Å²) in [7, 11) is -4.85. The molecule has 12 heteroatoms. The summed E-state index contributed by atoms with van der Waals surface area (Å²) in [5, 5.41) is 30.2. The van der Waals surface area contributed by atoms with Crippen LogP contribution in [0.4, 0.5) is 0 Å². The molecule has 0 rings (SSSR count). The van der Waals surface area contributed by atoms with Gasteiger partial charge in [0.25, 0.3) is 0 Å². The van der Waals surface area contributed by atoms with Crippen LogP contribution < -0.4 is 0 Å². The molecule has 1 unspecified atom stereocenters. The van der Waals surface area contributed by atoms with Crippen LogP contribution in [0.15, 0.2) is 60.8 Å². The SMILES string of the molecule is CC/C=C\C[C@H](O)/C=C/C=C/C=C\C=C/[C@@H](O)[C@H](O)CCCC(=O)O[C@H](COC(=O)CCCCCCCCCCCCC(C)CC)COP(=O)(O)O. The molecule has 0 fully saturated rings. The Labute approximate surface area is 313 Å². The first kappa shape index (κ1) is 49.6. The molecule has 0 saturated carbocycles. The second kappa shape index (κ2) is 33.2. The van der Waals surface area contributed by atoms with E-state index in [4.69, 9.17) is 19.3 Å². The zero-order valence-electron chi connectivity index (χ0n) is 31.9. The lowest BCUT2D eigenvalue weighted by Crippen LogP contribution is -2.29. The number of aliphatic hydroxyl groups excluding tert-OH is 3. The Morgan fingerprint density at radius 1 is 0.673 bits per heavy atom. The Hall–Kier alpha value is -2.37. The maximum absolute atomic E-state index is 12.4. The maximum Gasteiger partial charge on any atom is 0.469 e. The summed E-state index contributed by atoms with van der Waals surface area (Å²) in [6, 6.07) is 0. The van der Waals surface area contributed by atoms with Gasteiger partial charge < -0.3 is 34.6 Å². The molecule has 0 amide bonds. The van der Waals surface area contributed by atoms with Gasteiger partial charge in [-0.3, -0.25) is 14.1 Å². The van der Waals surface area contributed by atoms with E-state index in [0.717, 1.165) is 31.6 Å². The van der Waals surface area contributed by atoms with Crippen molar-refractivity contribution in [2.75, 3.05) is 13.2 Å². The zero-order chi connectivity index (χ0) is 38.9. The molecule has 300 valence electrons. The van der Waals surface area contributed by atoms with Crippen LogP contribution >= 0.6 is 7.82 Å². The lowest BCUT2D eigenvalue weighted by molar-refractivity contribution is -0.161. The molecule has 0 aromatic heterocycles. The summed E-state index contributed by atoms with van der Waals surface area (Å²) in [5.41, 5.74) is 0. The molecule has 11 nitrogen and oxygen atoms in total. The van der Waals surface area contributed by atoms with Gasteiger partial charge in [0.1, 0.15) is 6.61 Å². The fourth-order valence-electron chi connectivity index (χ4n) is 5.04. The van der Waals surface area contributed by atoms with E-state index in [-0.39, 0.29) is 25.7 Å². The Morgan fingerprint density at radius 2 is 1.23 bits per heavy atom. The minimum absolute atomic E-state index is 0.0853. The third-order valence-corrected chi connectivity index (χ3v) is 8.92. The summed E-state index contributed by atoms with van der Waals surface area (Å²) in [4.78, 5) is 42.8. The molecule has 5 atom stereocenters. The van der Waals surface area contributed by atoms with E-state index in [1.54, 1.807) is 42.5 Å². The zero-order valence-corrected chi connectivity index (χ0v) is 32.8. The molecule has 0 aliphatic carbocycles. The standard InChI is InChI=1S/C40H69O11P/c1-4-6-19-26-35(41)27-21-16-13-14-17-22-28-37(42)38(43)29-24-31-40(45)51-36(33-50-52(46,47)48)32-49-39(44)30-23-18-12-10-8-7-9-11-15-20-25-34(3)5-2/h6,13-14,16-17,19,21-22,27-28,34-38,41-43H,4-5,7-12,15,18,20,23-26,29-33H2,1-3H3,(H2,46,47,48)/b16-13+,17-14-,19-6-,27-21+,28-22-/t34?,35-,36+,37+,38+/m0/s1. The Kier molecular flexibility index (Phi) is 31.7. The summed E-state index contributed by atoms with van der Waals surface area (Å²) >= 11 is 0. The van der Waals surface area contributed by atoms with Crippen molar-refractivity contribution in [1.29, 1.82) is 0 Å². The molecule has 0 aromatic rings. The molecule has 5 N–H and O–H groups in total. The summed E-state index contributed by atoms with van der Waals surface area (Å²) in [5.74, 6) is -0.393. The first-order valence-electron chi connectivity index (χ1n) is 19.3. The third-order valence-electron chi connectivity index (χ3n) is 8.43. The second-order valence-corrected chi connectivity index (χ2v) is 14.6. The van der Waals surface area contributed by atoms with Crippen LogP contribution in [0, 0.1) is 5.92 Å². The number of ether oxygens (including phenoxy) is 2. The van der Waals surface area contributed by atoms with Crippen molar-refractivity contribution >= 4 is 19.8 Å². The minimum atomic E-state index is -4.85. The summed E-state index contributed by atoms with van der Waals surface area (Å²) < 4.78 is 26.1. The van der Waals surface area contributed by atoms with Crippen molar-refractivity contribution in [3.63, 3.8) is 0 Å². The predicted octanol–water partition coefficient (Wildman–Crippen LogP) is 8.11. The van der Waals surface area contributed by atoms with Gasteiger partial charge in [0.15, 0.2) is 6.10 Å². The molecule has 0 aliphatic heterocycles. The number of aliphatic hydroxyl groups is 3. The monoisotopic (exact) mass is 756 g/mol. The van der Waals surface area contributed by atoms with Gasteiger partial charge in [0, 0.05) is 12.8 Å². The number of rotatable bonds is 33. The number of unbranched alkanes of at least 4 members (excludes halogenated alkanes) is 9. The highest BCUT2D eigenvalue weighted by atomic mass is 31.2. The molecule has 0 heterocycles. The van der Waals surface area contributed by atoms with Crippen LogP contribution in [0.5, 0.6) is 0 Å². The highest BCUT2D eigenvalue weighted by molar-refractivity contribution is 7.46. The fraction of sp³-hybridized carbons (Fsp3) is 0.700. The van der Waals surface area contributed by atoms with Crippen molar-refractivity contribution in [3.8, 4) is 0 Å². The molecule has 0 aliphatic rings. The van der Waals surface area contributed by atoms with Crippen LogP contribution in [0.3, 0.4) is 0 Å². The van der Waals surface area contributed by atoms with Crippen molar-refractivity contribution in [1.82, 2.24) is 0 Å². The number of phosphoric acid groups is 1. The molecular formula is C40H69O11P. The largest absolute Gasteiger partial charge is 0.469 e. The van der Waals surface area contributed by atoms with Gasteiger partial charge >= 0.3 is 19.8 Å². The van der Waals surface area contributed by atoms with Crippen molar-refractivity contribution in [3.05, 3.63) is 60.8 Å². The second-order valence-electron chi connectivity index (χ2n) is 13.3. The summed E-state index contributed by atoms with van der Waals surface area (Å²) in [6.45, 7) is 5.52. The number of hydrogen-bond donors (Lipinski definition) is 5. The van der Waals surface area contributed by atoms with Gasteiger partial charge in [0.2, 0.25) is 0 Å². The van der Waals surface area contributed by atoms with Crippen LogP contribution in [-0.4, -0.2) is 74.7 Å². The number of allylic oxidation sites excluding steroid dienone is 7. The van der Waals surface area contributed by atoms with E-state index >= 15 is 0 Å². The lowest BCUT2D eigenvalue weighted by atomic mass is 9.99. The van der Waals surface area contributed by atoms with Gasteiger partial charge in [-0.15, -0.1) is 0 Å². The Bertz CT molecular complexity index is 1100. The maximum atomic E-state index is 12.4. The molecule has 52 heavy (non-hydrogen) atoms. The molecule has 0 bridgehead atoms. The highest BCUT2D eigenvalue weighted by Crippen LogP contribution is 2.36. The average molecular weight is 757 g/mol. The number of esters is 2.